The van der Waals surface area contributed by atoms with Crippen molar-refractivity contribution < 1.29 is 27.2 Å². The summed E-state index contributed by atoms with van der Waals surface area (Å²) in [6, 6.07) is 9.01. The van der Waals surface area contributed by atoms with Gasteiger partial charge >= 0.3 is 6.18 Å². The van der Waals surface area contributed by atoms with Gasteiger partial charge in [0, 0.05) is 6.20 Å². The molecule has 1 N–H and O–H groups in total. The average Bonchev–Trinajstić information content (AvgIpc) is 3.22. The number of benzene rings is 1. The van der Waals surface area contributed by atoms with Crippen molar-refractivity contribution in [3.05, 3.63) is 82.0 Å². The molecule has 3 aromatic rings. The molecular weight excluding hydrogens is 458 g/mol. The van der Waals surface area contributed by atoms with Crippen molar-refractivity contribution in [2.45, 2.75) is 12.7 Å². The number of alkyl halides is 3. The van der Waals surface area contributed by atoms with Gasteiger partial charge in [-0.05, 0) is 30.3 Å². The van der Waals surface area contributed by atoms with Gasteiger partial charge in [-0.2, -0.15) is 13.2 Å². The predicted octanol–water partition coefficient (Wildman–Crippen LogP) is 5.28. The fourth-order valence-corrected chi connectivity index (χ4v) is 2.98. The van der Waals surface area contributed by atoms with Gasteiger partial charge in [0.15, 0.2) is 0 Å². The summed E-state index contributed by atoms with van der Waals surface area (Å²) in [5.41, 5.74) is -1.37. The number of para-hydroxylation sites is 1. The van der Waals surface area contributed by atoms with Crippen molar-refractivity contribution in [1.82, 2.24) is 9.88 Å². The van der Waals surface area contributed by atoms with E-state index in [1.807, 2.05) is 0 Å². The highest BCUT2D eigenvalue weighted by atomic mass is 35.5. The quantitative estimate of drug-likeness (QED) is 0.496. The normalized spacial score (nSPS) is 11.3. The van der Waals surface area contributed by atoms with Gasteiger partial charge in [-0.1, -0.05) is 35.3 Å². The lowest BCUT2D eigenvalue weighted by atomic mass is 10.1. The molecule has 2 aromatic heterocycles. The van der Waals surface area contributed by atoms with Gasteiger partial charge < -0.3 is 14.6 Å². The molecule has 162 valence electrons. The van der Waals surface area contributed by atoms with E-state index in [0.717, 1.165) is 17.0 Å². The summed E-state index contributed by atoms with van der Waals surface area (Å²) < 4.78 is 44.7. The van der Waals surface area contributed by atoms with Gasteiger partial charge in [0.05, 0.1) is 34.6 Å². The molecule has 0 saturated heterocycles. The number of nitrogens with zero attached hydrogens (tertiary/aromatic N) is 2. The van der Waals surface area contributed by atoms with Crippen LogP contribution in [0.15, 0.2) is 59.3 Å². The van der Waals surface area contributed by atoms with E-state index in [9.17, 15) is 22.8 Å². The van der Waals surface area contributed by atoms with Crippen LogP contribution in [0.3, 0.4) is 0 Å². The van der Waals surface area contributed by atoms with Gasteiger partial charge in [-0.3, -0.25) is 9.59 Å². The Bertz CT molecular complexity index is 1090. The number of aromatic nitrogens is 1. The molecule has 2 heterocycles. The van der Waals surface area contributed by atoms with Crippen LogP contribution in [0, 0.1) is 0 Å². The monoisotopic (exact) mass is 471 g/mol. The number of nitrogens with one attached hydrogen (secondary N) is 1. The topological polar surface area (TPSA) is 75.4 Å². The molecule has 0 spiro atoms. The second-order valence-corrected chi connectivity index (χ2v) is 7.09. The third-order valence-corrected chi connectivity index (χ3v) is 4.78. The molecule has 11 heteroatoms. The number of furan rings is 1. The molecule has 6 nitrogen and oxygen atoms in total. The Balaban J connectivity index is 1.83. The molecule has 31 heavy (non-hydrogen) atoms. The zero-order valence-electron chi connectivity index (χ0n) is 15.6. The molecule has 0 aliphatic rings. The number of anilines is 1. The Morgan fingerprint density at radius 3 is 2.52 bits per heavy atom. The Labute approximate surface area is 184 Å². The SMILES string of the molecule is O=C(CN(Cc1ccco1)C(=O)c1cnc(Cl)c(Cl)c1)Nc1ccccc1C(F)(F)F. The zero-order valence-corrected chi connectivity index (χ0v) is 17.1. The van der Waals surface area contributed by atoms with E-state index in [1.165, 1.54) is 30.7 Å². The van der Waals surface area contributed by atoms with Crippen molar-refractivity contribution in [1.29, 1.82) is 0 Å². The van der Waals surface area contributed by atoms with Crippen molar-refractivity contribution in [2.75, 3.05) is 11.9 Å². The molecule has 0 fully saturated rings. The molecule has 0 atom stereocenters. The maximum absolute atomic E-state index is 13.2. The first-order valence-electron chi connectivity index (χ1n) is 8.74. The minimum atomic E-state index is -4.65. The van der Waals surface area contributed by atoms with Crippen molar-refractivity contribution in [2.24, 2.45) is 0 Å². The van der Waals surface area contributed by atoms with Crippen LogP contribution in [0.2, 0.25) is 10.2 Å². The van der Waals surface area contributed by atoms with Crippen LogP contribution >= 0.6 is 23.2 Å². The molecule has 0 radical (unpaired) electrons. The second-order valence-electron chi connectivity index (χ2n) is 6.33. The number of amides is 2. The average molecular weight is 472 g/mol. The first-order chi connectivity index (χ1) is 14.6. The summed E-state index contributed by atoms with van der Waals surface area (Å²) in [6.45, 7) is -0.660. The highest BCUT2D eigenvalue weighted by Crippen LogP contribution is 2.34. The first kappa shape index (κ1) is 22.6. The van der Waals surface area contributed by atoms with Crippen LogP contribution in [0.25, 0.3) is 0 Å². The lowest BCUT2D eigenvalue weighted by molar-refractivity contribution is -0.137. The van der Waals surface area contributed by atoms with E-state index >= 15 is 0 Å². The van der Waals surface area contributed by atoms with Crippen LogP contribution in [0.5, 0.6) is 0 Å². The minimum Gasteiger partial charge on any atom is -0.467 e. The lowest BCUT2D eigenvalue weighted by Crippen LogP contribution is -2.37. The molecule has 1 aromatic carbocycles. The summed E-state index contributed by atoms with van der Waals surface area (Å²) >= 11 is 11.7. The summed E-state index contributed by atoms with van der Waals surface area (Å²) in [6.07, 6.45) is -2.08. The second kappa shape index (κ2) is 9.40. The third-order valence-electron chi connectivity index (χ3n) is 4.10. The Hall–Kier alpha value is -3.04. The maximum atomic E-state index is 13.2. The van der Waals surface area contributed by atoms with Crippen molar-refractivity contribution in [3.63, 3.8) is 0 Å². The number of halogens is 5. The highest BCUT2D eigenvalue weighted by Gasteiger charge is 2.33. The molecule has 0 bridgehead atoms. The molecule has 0 unspecified atom stereocenters. The molecule has 0 saturated carbocycles. The van der Waals surface area contributed by atoms with Crippen molar-refractivity contribution in [3.8, 4) is 0 Å². The van der Waals surface area contributed by atoms with Crippen LogP contribution < -0.4 is 5.32 Å². The van der Waals surface area contributed by atoms with E-state index in [2.05, 4.69) is 10.3 Å². The number of hydrogen-bond donors (Lipinski definition) is 1. The number of rotatable bonds is 6. The number of hydrogen-bond acceptors (Lipinski definition) is 4. The van der Waals surface area contributed by atoms with Gasteiger partial charge in [0.2, 0.25) is 5.91 Å². The van der Waals surface area contributed by atoms with Gasteiger partial charge in [0.1, 0.15) is 17.5 Å². The first-order valence-corrected chi connectivity index (χ1v) is 9.49. The lowest BCUT2D eigenvalue weighted by Gasteiger charge is -2.22. The smallest absolute Gasteiger partial charge is 0.418 e. The van der Waals surface area contributed by atoms with Gasteiger partial charge in [-0.15, -0.1) is 0 Å². The van der Waals surface area contributed by atoms with Crippen LogP contribution in [-0.2, 0) is 17.5 Å². The molecule has 0 aliphatic heterocycles. The number of pyridine rings is 1. The minimum absolute atomic E-state index is 0.00250. The summed E-state index contributed by atoms with van der Waals surface area (Å²) in [4.78, 5) is 30.3. The van der Waals surface area contributed by atoms with E-state index in [0.29, 0.717) is 5.76 Å². The molecular formula is C20H14Cl2F3N3O3. The predicted molar refractivity (Wildman–Crippen MR) is 108 cm³/mol. The Morgan fingerprint density at radius 1 is 1.13 bits per heavy atom. The Kier molecular flexibility index (Phi) is 6.87. The molecule has 0 aliphatic carbocycles. The van der Waals surface area contributed by atoms with E-state index < -0.39 is 35.8 Å². The van der Waals surface area contributed by atoms with Crippen LogP contribution in [-0.4, -0.2) is 28.2 Å². The van der Waals surface area contributed by atoms with Crippen LogP contribution in [0.4, 0.5) is 18.9 Å². The standard InChI is InChI=1S/C20H14Cl2F3N3O3/c21-15-8-12(9-26-18(15)22)19(30)28(10-13-4-3-7-31-13)11-17(29)27-16-6-2-1-5-14(16)20(23,24)25/h1-9H,10-11H2,(H,27,29). The van der Waals surface area contributed by atoms with Crippen LogP contribution in [0.1, 0.15) is 21.7 Å². The molecule has 3 rings (SSSR count). The van der Waals surface area contributed by atoms with E-state index in [1.54, 1.807) is 12.1 Å². The van der Waals surface area contributed by atoms with E-state index in [4.69, 9.17) is 27.6 Å². The number of carbonyl (C=O) groups is 2. The largest absolute Gasteiger partial charge is 0.467 e. The summed E-state index contributed by atoms with van der Waals surface area (Å²) in [7, 11) is 0. The summed E-state index contributed by atoms with van der Waals surface area (Å²) in [5, 5.41) is 2.24. The fraction of sp³-hybridized carbons (Fsp3) is 0.150. The zero-order chi connectivity index (χ0) is 22.6. The maximum Gasteiger partial charge on any atom is 0.418 e. The fourth-order valence-electron chi connectivity index (χ4n) is 2.71. The Morgan fingerprint density at radius 2 is 1.87 bits per heavy atom. The molecule has 2 amide bonds. The van der Waals surface area contributed by atoms with E-state index in [-0.39, 0.29) is 22.3 Å². The van der Waals surface area contributed by atoms with Gasteiger partial charge in [-0.25, -0.2) is 4.98 Å². The number of carbonyl (C=O) groups excluding carboxylic acids is 2. The third kappa shape index (κ3) is 5.77. The summed E-state index contributed by atoms with van der Waals surface area (Å²) in [5.74, 6) is -1.10. The van der Waals surface area contributed by atoms with Crippen molar-refractivity contribution >= 4 is 40.7 Å². The highest BCUT2D eigenvalue weighted by molar-refractivity contribution is 6.41. The van der Waals surface area contributed by atoms with Gasteiger partial charge in [0.25, 0.3) is 5.91 Å².